The molecule has 0 N–H and O–H groups in total. The van der Waals surface area contributed by atoms with Crippen molar-refractivity contribution in [1.82, 2.24) is 0 Å². The van der Waals surface area contributed by atoms with E-state index in [0.29, 0.717) is 0 Å². The first kappa shape index (κ1) is 12.0. The summed E-state index contributed by atoms with van der Waals surface area (Å²) in [7, 11) is 0. The van der Waals surface area contributed by atoms with Gasteiger partial charge in [0, 0.05) is 5.41 Å². The fraction of sp³-hybridized carbons (Fsp3) is 0.0909. The lowest BCUT2D eigenvalue weighted by Crippen LogP contribution is -2.22. The molecule has 0 fully saturated rings. The molecule has 0 heterocycles. The molecule has 0 aromatic heterocycles. The summed E-state index contributed by atoms with van der Waals surface area (Å²) in [5.74, 6) is 0. The van der Waals surface area contributed by atoms with Gasteiger partial charge in [-0.1, -0.05) is 78.9 Å². The van der Waals surface area contributed by atoms with E-state index in [1.807, 2.05) is 0 Å². The summed E-state index contributed by atoms with van der Waals surface area (Å²) in [5, 5.41) is 5.55. The van der Waals surface area contributed by atoms with Gasteiger partial charge in [0.2, 0.25) is 0 Å². The minimum atomic E-state index is -0.0655. The van der Waals surface area contributed by atoms with Crippen LogP contribution in [0.5, 0.6) is 0 Å². The Balaban J connectivity index is 2.03. The first-order chi connectivity index (χ1) is 10.8. The van der Waals surface area contributed by atoms with E-state index in [0.717, 1.165) is 0 Å². The van der Waals surface area contributed by atoms with Crippen LogP contribution in [-0.2, 0) is 5.41 Å². The van der Waals surface area contributed by atoms with E-state index in [4.69, 9.17) is 0 Å². The summed E-state index contributed by atoms with van der Waals surface area (Å²) in [6, 6.07) is 28.8. The lowest BCUT2D eigenvalue weighted by atomic mass is 9.74. The Bertz CT molecular complexity index is 963. The van der Waals surface area contributed by atoms with Crippen molar-refractivity contribution in [1.29, 1.82) is 0 Å². The van der Waals surface area contributed by atoms with Gasteiger partial charge < -0.3 is 0 Å². The van der Waals surface area contributed by atoms with Gasteiger partial charge in [-0.05, 0) is 45.2 Å². The monoisotopic (exact) mass is 280 g/mol. The summed E-state index contributed by atoms with van der Waals surface area (Å²) in [4.78, 5) is 0. The maximum atomic E-state index is 2.37. The summed E-state index contributed by atoms with van der Waals surface area (Å²) in [5.41, 5.74) is 4.17. The summed E-state index contributed by atoms with van der Waals surface area (Å²) >= 11 is 0. The van der Waals surface area contributed by atoms with Crippen molar-refractivity contribution in [2.24, 2.45) is 0 Å². The first-order valence-electron chi connectivity index (χ1n) is 7.81. The van der Waals surface area contributed by atoms with Gasteiger partial charge in [0.05, 0.1) is 0 Å². The molecule has 0 saturated heterocycles. The Hall–Kier alpha value is -2.60. The summed E-state index contributed by atoms with van der Waals surface area (Å²) < 4.78 is 0. The Kier molecular flexibility index (Phi) is 2.17. The zero-order valence-corrected chi connectivity index (χ0v) is 12.5. The van der Waals surface area contributed by atoms with Crippen molar-refractivity contribution in [3.8, 4) is 0 Å². The van der Waals surface area contributed by atoms with Crippen LogP contribution in [0.15, 0.2) is 78.9 Å². The Morgan fingerprint density at radius 2 is 1.09 bits per heavy atom. The summed E-state index contributed by atoms with van der Waals surface area (Å²) in [6.45, 7) is 2.37. The lowest BCUT2D eigenvalue weighted by molar-refractivity contribution is 0.716. The van der Waals surface area contributed by atoms with Crippen LogP contribution in [0.2, 0.25) is 0 Å². The Morgan fingerprint density at radius 3 is 1.64 bits per heavy atom. The number of benzene rings is 4. The standard InChI is InChI=1S/C22H16/c1-22(17-9-3-2-4-10-17)18-11-5-7-15-13-14-16-8-6-12-19(22)21(16)20(15)18/h2-14H,1H3. The zero-order valence-electron chi connectivity index (χ0n) is 12.5. The molecule has 1 aliphatic carbocycles. The van der Waals surface area contributed by atoms with Crippen LogP contribution in [0.25, 0.3) is 21.5 Å². The Labute approximate surface area is 130 Å². The van der Waals surface area contributed by atoms with E-state index < -0.39 is 0 Å². The van der Waals surface area contributed by atoms with Crippen molar-refractivity contribution in [2.45, 2.75) is 12.3 Å². The highest BCUT2D eigenvalue weighted by Crippen LogP contribution is 2.51. The van der Waals surface area contributed by atoms with Crippen molar-refractivity contribution >= 4 is 21.5 Å². The average Bonchev–Trinajstić information content (AvgIpc) is 2.86. The van der Waals surface area contributed by atoms with Gasteiger partial charge in [-0.15, -0.1) is 0 Å². The van der Waals surface area contributed by atoms with E-state index >= 15 is 0 Å². The van der Waals surface area contributed by atoms with E-state index in [9.17, 15) is 0 Å². The van der Waals surface area contributed by atoms with Gasteiger partial charge in [0.15, 0.2) is 0 Å². The first-order valence-corrected chi connectivity index (χ1v) is 7.81. The minimum Gasteiger partial charge on any atom is -0.0622 e. The van der Waals surface area contributed by atoms with Crippen LogP contribution in [0.1, 0.15) is 23.6 Å². The second-order valence-electron chi connectivity index (χ2n) is 6.36. The summed E-state index contributed by atoms with van der Waals surface area (Å²) in [6.07, 6.45) is 0. The molecule has 0 heteroatoms. The predicted octanol–water partition coefficient (Wildman–Crippen LogP) is 5.66. The smallest absolute Gasteiger partial charge is 0.0435 e. The molecule has 0 atom stereocenters. The molecule has 0 unspecified atom stereocenters. The van der Waals surface area contributed by atoms with E-state index in [-0.39, 0.29) is 5.41 Å². The Morgan fingerprint density at radius 1 is 0.545 bits per heavy atom. The van der Waals surface area contributed by atoms with Gasteiger partial charge in [-0.3, -0.25) is 0 Å². The molecule has 0 aliphatic heterocycles. The zero-order chi connectivity index (χ0) is 14.7. The number of rotatable bonds is 1. The third-order valence-corrected chi connectivity index (χ3v) is 5.31. The maximum Gasteiger partial charge on any atom is 0.0435 e. The molecule has 0 bridgehead atoms. The molecule has 5 rings (SSSR count). The number of hydrogen-bond donors (Lipinski definition) is 0. The van der Waals surface area contributed by atoms with E-state index in [1.165, 1.54) is 38.2 Å². The van der Waals surface area contributed by atoms with Gasteiger partial charge in [-0.2, -0.15) is 0 Å². The SMILES string of the molecule is CC1(c2ccccc2)c2cccc3ccc4cccc1c4c23. The van der Waals surface area contributed by atoms with Crippen molar-refractivity contribution in [2.75, 3.05) is 0 Å². The topological polar surface area (TPSA) is 0 Å². The van der Waals surface area contributed by atoms with Gasteiger partial charge in [0.25, 0.3) is 0 Å². The molecule has 1 aliphatic rings. The predicted molar refractivity (Wildman–Crippen MR) is 93.5 cm³/mol. The van der Waals surface area contributed by atoms with Crippen molar-refractivity contribution in [3.05, 3.63) is 95.6 Å². The molecule has 4 aromatic carbocycles. The highest BCUT2D eigenvalue weighted by molar-refractivity contribution is 6.15. The van der Waals surface area contributed by atoms with Crippen LogP contribution in [0, 0.1) is 0 Å². The third-order valence-electron chi connectivity index (χ3n) is 5.31. The highest BCUT2D eigenvalue weighted by atomic mass is 14.4. The van der Waals surface area contributed by atoms with Gasteiger partial charge >= 0.3 is 0 Å². The molecule has 0 nitrogen and oxygen atoms in total. The second-order valence-corrected chi connectivity index (χ2v) is 6.36. The third kappa shape index (κ3) is 1.28. The average molecular weight is 280 g/mol. The van der Waals surface area contributed by atoms with Crippen LogP contribution >= 0.6 is 0 Å². The van der Waals surface area contributed by atoms with Crippen LogP contribution in [-0.4, -0.2) is 0 Å². The van der Waals surface area contributed by atoms with Gasteiger partial charge in [0.1, 0.15) is 0 Å². The molecule has 0 radical (unpaired) electrons. The van der Waals surface area contributed by atoms with E-state index in [2.05, 4.69) is 85.8 Å². The lowest BCUT2D eigenvalue weighted by Gasteiger charge is -2.28. The highest BCUT2D eigenvalue weighted by Gasteiger charge is 2.38. The largest absolute Gasteiger partial charge is 0.0622 e. The quantitative estimate of drug-likeness (QED) is 0.395. The van der Waals surface area contributed by atoms with Crippen LogP contribution in [0.4, 0.5) is 0 Å². The molecule has 104 valence electrons. The second kappa shape index (κ2) is 3.98. The van der Waals surface area contributed by atoms with Gasteiger partial charge in [-0.25, -0.2) is 0 Å². The molecular weight excluding hydrogens is 264 g/mol. The molecule has 0 amide bonds. The normalized spacial score (nSPS) is 15.0. The van der Waals surface area contributed by atoms with Crippen molar-refractivity contribution < 1.29 is 0 Å². The molecule has 0 spiro atoms. The van der Waals surface area contributed by atoms with E-state index in [1.54, 1.807) is 0 Å². The fourth-order valence-electron chi connectivity index (χ4n) is 4.22. The van der Waals surface area contributed by atoms with Crippen molar-refractivity contribution in [3.63, 3.8) is 0 Å². The van der Waals surface area contributed by atoms with Crippen LogP contribution in [0.3, 0.4) is 0 Å². The molecular formula is C22H16. The minimum absolute atomic E-state index is 0.0655. The number of hydrogen-bond acceptors (Lipinski definition) is 0. The maximum absolute atomic E-state index is 2.37. The molecule has 22 heavy (non-hydrogen) atoms. The van der Waals surface area contributed by atoms with Crippen LogP contribution < -0.4 is 0 Å². The fourth-order valence-corrected chi connectivity index (χ4v) is 4.22. The molecule has 0 saturated carbocycles. The molecule has 4 aromatic rings.